The van der Waals surface area contributed by atoms with E-state index in [9.17, 15) is 9.90 Å². The smallest absolute Gasteiger partial charge is 0.310 e. The van der Waals surface area contributed by atoms with Crippen molar-refractivity contribution < 1.29 is 14.6 Å². The predicted octanol–water partition coefficient (Wildman–Crippen LogP) is 2.41. The first-order valence-corrected chi connectivity index (χ1v) is 5.87. The number of ether oxygens (including phenoxy) is 1. The zero-order chi connectivity index (χ0) is 12.3. The minimum atomic E-state index is -0.702. The van der Waals surface area contributed by atoms with Crippen LogP contribution in [0.4, 0.5) is 0 Å². The van der Waals surface area contributed by atoms with Gasteiger partial charge < -0.3 is 9.84 Å². The number of hydrogen-bond acceptors (Lipinski definition) is 2. The molecule has 1 N–H and O–H groups in total. The van der Waals surface area contributed by atoms with Gasteiger partial charge >= 0.3 is 5.97 Å². The zero-order valence-corrected chi connectivity index (χ0v) is 10.1. The molecular formula is C14H16O3. The van der Waals surface area contributed by atoms with Crippen LogP contribution < -0.4 is 0 Å². The van der Waals surface area contributed by atoms with Crippen LogP contribution in [0.25, 0.3) is 0 Å². The summed E-state index contributed by atoms with van der Waals surface area (Å²) in [5, 5.41) is 9.31. The SMILES string of the molecule is CO[C@@]1(c2ccccc2)C[C@@]12C[C@]2(C)C(=O)O. The number of benzene rings is 1. The minimum Gasteiger partial charge on any atom is -0.481 e. The van der Waals surface area contributed by atoms with E-state index in [0.717, 1.165) is 18.4 Å². The summed E-state index contributed by atoms with van der Waals surface area (Å²) < 4.78 is 5.69. The first-order valence-electron chi connectivity index (χ1n) is 5.87. The summed E-state index contributed by atoms with van der Waals surface area (Å²) in [5.41, 5.74) is -0.0604. The van der Waals surface area contributed by atoms with Gasteiger partial charge in [0.2, 0.25) is 0 Å². The number of methoxy groups -OCH3 is 1. The number of carboxylic acid groups (broad SMARTS) is 1. The van der Waals surface area contributed by atoms with Crippen LogP contribution in [0.1, 0.15) is 25.3 Å². The molecule has 2 saturated carbocycles. The highest BCUT2D eigenvalue weighted by molar-refractivity contribution is 5.82. The number of hydrogen-bond donors (Lipinski definition) is 1. The van der Waals surface area contributed by atoms with Gasteiger partial charge in [-0.25, -0.2) is 0 Å². The van der Waals surface area contributed by atoms with Gasteiger partial charge in [-0.2, -0.15) is 0 Å². The molecule has 0 amide bonds. The molecule has 0 saturated heterocycles. The number of rotatable bonds is 3. The summed E-state index contributed by atoms with van der Waals surface area (Å²) in [7, 11) is 1.68. The molecule has 0 radical (unpaired) electrons. The molecule has 2 aliphatic carbocycles. The second-order valence-corrected chi connectivity index (χ2v) is 5.47. The van der Waals surface area contributed by atoms with Crippen LogP contribution in [-0.2, 0) is 15.1 Å². The third-order valence-corrected chi connectivity index (χ3v) is 4.85. The van der Waals surface area contributed by atoms with Crippen LogP contribution in [-0.4, -0.2) is 18.2 Å². The number of carboxylic acids is 1. The first kappa shape index (κ1) is 10.8. The van der Waals surface area contributed by atoms with Gasteiger partial charge in [0, 0.05) is 12.5 Å². The topological polar surface area (TPSA) is 46.5 Å². The molecule has 0 aromatic heterocycles. The van der Waals surface area contributed by atoms with Crippen molar-refractivity contribution >= 4 is 5.97 Å². The van der Waals surface area contributed by atoms with Crippen molar-refractivity contribution in [3.8, 4) is 0 Å². The molecule has 90 valence electrons. The Morgan fingerprint density at radius 1 is 1.29 bits per heavy atom. The van der Waals surface area contributed by atoms with Crippen molar-refractivity contribution in [2.75, 3.05) is 7.11 Å². The fraction of sp³-hybridized carbons (Fsp3) is 0.500. The fourth-order valence-electron chi connectivity index (χ4n) is 3.54. The van der Waals surface area contributed by atoms with E-state index >= 15 is 0 Å². The number of aliphatic carboxylic acids is 1. The molecule has 17 heavy (non-hydrogen) atoms. The standard InChI is InChI=1S/C14H16O3/c1-12(11(15)16)8-13(12)9-14(13,17-2)10-6-4-3-5-7-10/h3-7H,8-9H2,1-2H3,(H,15,16)/t12-,13-,14-/m1/s1. The Labute approximate surface area is 100 Å². The predicted molar refractivity (Wildman–Crippen MR) is 62.5 cm³/mol. The second kappa shape index (κ2) is 2.91. The van der Waals surface area contributed by atoms with Crippen LogP contribution >= 0.6 is 0 Å². The summed E-state index contributed by atoms with van der Waals surface area (Å²) in [6, 6.07) is 9.97. The van der Waals surface area contributed by atoms with E-state index < -0.39 is 11.4 Å². The first-order chi connectivity index (χ1) is 8.02. The minimum absolute atomic E-state index is 0.179. The molecule has 2 aliphatic rings. The number of carbonyl (C=O) groups is 1. The van der Waals surface area contributed by atoms with Crippen molar-refractivity contribution in [3.05, 3.63) is 35.9 Å². The highest BCUT2D eigenvalue weighted by atomic mass is 16.5. The quantitative estimate of drug-likeness (QED) is 0.870. The van der Waals surface area contributed by atoms with Crippen LogP contribution in [0.3, 0.4) is 0 Å². The molecular weight excluding hydrogens is 216 g/mol. The van der Waals surface area contributed by atoms with Gasteiger partial charge in [0.05, 0.1) is 5.41 Å². The molecule has 1 aromatic carbocycles. The van der Waals surface area contributed by atoms with Crippen LogP contribution in [0.15, 0.2) is 30.3 Å². The lowest BCUT2D eigenvalue weighted by molar-refractivity contribution is -0.144. The Bertz CT molecular complexity index is 484. The monoisotopic (exact) mass is 232 g/mol. The van der Waals surface area contributed by atoms with E-state index in [1.807, 2.05) is 37.3 Å². The normalized spacial score (nSPS) is 42.5. The van der Waals surface area contributed by atoms with Crippen LogP contribution in [0.2, 0.25) is 0 Å². The Hall–Kier alpha value is -1.35. The summed E-state index contributed by atoms with van der Waals surface area (Å²) in [4.78, 5) is 11.3. The summed E-state index contributed by atoms with van der Waals surface area (Å²) in [6.07, 6.45) is 1.54. The van der Waals surface area contributed by atoms with Crippen LogP contribution in [0.5, 0.6) is 0 Å². The lowest BCUT2D eigenvalue weighted by atomic mass is 9.98. The molecule has 0 heterocycles. The average Bonchev–Trinajstić information content (AvgIpc) is 3.18. The van der Waals surface area contributed by atoms with Gasteiger partial charge in [-0.3, -0.25) is 4.79 Å². The van der Waals surface area contributed by atoms with Gasteiger partial charge in [-0.1, -0.05) is 30.3 Å². The van der Waals surface area contributed by atoms with Crippen molar-refractivity contribution in [2.45, 2.75) is 25.4 Å². The maximum atomic E-state index is 11.3. The fourth-order valence-corrected chi connectivity index (χ4v) is 3.54. The van der Waals surface area contributed by atoms with Crippen molar-refractivity contribution in [3.63, 3.8) is 0 Å². The average molecular weight is 232 g/mol. The highest BCUT2D eigenvalue weighted by Crippen LogP contribution is 2.87. The van der Waals surface area contributed by atoms with Crippen molar-refractivity contribution in [1.82, 2.24) is 0 Å². The van der Waals surface area contributed by atoms with Gasteiger partial charge in [0.1, 0.15) is 5.60 Å². The van der Waals surface area contributed by atoms with Gasteiger partial charge in [-0.05, 0) is 25.3 Å². The van der Waals surface area contributed by atoms with E-state index in [1.54, 1.807) is 7.11 Å². The zero-order valence-electron chi connectivity index (χ0n) is 10.1. The third-order valence-electron chi connectivity index (χ3n) is 4.85. The summed E-state index contributed by atoms with van der Waals surface area (Å²) >= 11 is 0. The summed E-state index contributed by atoms with van der Waals surface area (Å²) in [6.45, 7) is 1.83. The lowest BCUT2D eigenvalue weighted by Gasteiger charge is -2.17. The molecule has 2 fully saturated rings. The largest absolute Gasteiger partial charge is 0.481 e. The Kier molecular flexibility index (Phi) is 1.84. The van der Waals surface area contributed by atoms with Gasteiger partial charge in [-0.15, -0.1) is 0 Å². The van der Waals surface area contributed by atoms with Crippen molar-refractivity contribution in [2.24, 2.45) is 10.8 Å². The molecule has 3 atom stereocenters. The van der Waals surface area contributed by atoms with E-state index in [1.165, 1.54) is 0 Å². The Morgan fingerprint density at radius 3 is 2.41 bits per heavy atom. The summed E-state index contributed by atoms with van der Waals surface area (Å²) in [5.74, 6) is -0.702. The van der Waals surface area contributed by atoms with Crippen LogP contribution in [0, 0.1) is 10.8 Å². The maximum Gasteiger partial charge on any atom is 0.310 e. The molecule has 3 rings (SSSR count). The lowest BCUT2D eigenvalue weighted by Crippen LogP contribution is -2.21. The molecule has 3 nitrogen and oxygen atoms in total. The van der Waals surface area contributed by atoms with Gasteiger partial charge in [0.25, 0.3) is 0 Å². The Balaban J connectivity index is 1.99. The maximum absolute atomic E-state index is 11.3. The molecule has 0 aliphatic heterocycles. The molecule has 0 bridgehead atoms. The highest BCUT2D eigenvalue weighted by Gasteiger charge is 2.89. The molecule has 3 heteroatoms. The van der Waals surface area contributed by atoms with E-state index in [4.69, 9.17) is 4.74 Å². The van der Waals surface area contributed by atoms with Gasteiger partial charge in [0.15, 0.2) is 0 Å². The van der Waals surface area contributed by atoms with E-state index in [0.29, 0.717) is 0 Å². The molecule has 1 aromatic rings. The van der Waals surface area contributed by atoms with E-state index in [2.05, 4.69) is 0 Å². The van der Waals surface area contributed by atoms with Crippen molar-refractivity contribution in [1.29, 1.82) is 0 Å². The Morgan fingerprint density at radius 2 is 1.94 bits per heavy atom. The molecule has 0 unspecified atom stereocenters. The third kappa shape index (κ3) is 1.03. The van der Waals surface area contributed by atoms with E-state index in [-0.39, 0.29) is 11.0 Å². The second-order valence-electron chi connectivity index (χ2n) is 5.47. The molecule has 1 spiro atoms.